The number of amides is 1. The molecule has 0 saturated carbocycles. The van der Waals surface area contributed by atoms with Gasteiger partial charge in [0, 0.05) is 18.9 Å². The van der Waals surface area contributed by atoms with Gasteiger partial charge in [0.1, 0.15) is 5.54 Å². The number of nitrogens with zero attached hydrogens (tertiary/aromatic N) is 1. The summed E-state index contributed by atoms with van der Waals surface area (Å²) in [4.78, 5) is 24.5. The van der Waals surface area contributed by atoms with Crippen LogP contribution in [-0.4, -0.2) is 49.1 Å². The molecule has 0 aliphatic carbocycles. The number of sulfone groups is 1. The lowest BCUT2D eigenvalue weighted by atomic mass is 10.0. The van der Waals surface area contributed by atoms with E-state index in [1.807, 2.05) is 0 Å². The van der Waals surface area contributed by atoms with Crippen molar-refractivity contribution in [3.05, 3.63) is 35.4 Å². The third-order valence-electron chi connectivity index (χ3n) is 3.30. The molecule has 1 aromatic rings. The number of benzene rings is 1. The number of likely N-dealkylation sites (N-methyl/N-ethyl adjacent to an activating group) is 1. The molecular formula is C14H19NO5S. The number of rotatable bonds is 5. The van der Waals surface area contributed by atoms with E-state index in [-0.39, 0.29) is 5.75 Å². The summed E-state index contributed by atoms with van der Waals surface area (Å²) >= 11 is 0. The quantitative estimate of drug-likeness (QED) is 0.881. The molecule has 1 N–H and O–H groups in total. The first-order chi connectivity index (χ1) is 9.45. The van der Waals surface area contributed by atoms with Gasteiger partial charge < -0.3 is 10.0 Å². The Morgan fingerprint density at radius 3 is 2.05 bits per heavy atom. The molecule has 0 bridgehead atoms. The molecule has 0 aliphatic heterocycles. The number of carbonyl (C=O) groups is 2. The normalized spacial score (nSPS) is 12.0. The minimum Gasteiger partial charge on any atom is -0.480 e. The Kier molecular flexibility index (Phi) is 4.78. The molecule has 21 heavy (non-hydrogen) atoms. The maximum atomic E-state index is 12.2. The number of aliphatic carboxylic acids is 1. The Morgan fingerprint density at radius 1 is 1.19 bits per heavy atom. The summed E-state index contributed by atoms with van der Waals surface area (Å²) < 4.78 is 22.4. The van der Waals surface area contributed by atoms with Crippen molar-refractivity contribution in [2.75, 3.05) is 13.3 Å². The molecular weight excluding hydrogens is 294 g/mol. The molecule has 0 heterocycles. The Balaban J connectivity index is 2.97. The number of carbonyl (C=O) groups excluding carboxylic acids is 1. The maximum Gasteiger partial charge on any atom is 0.329 e. The van der Waals surface area contributed by atoms with Crippen LogP contribution < -0.4 is 0 Å². The molecule has 0 aliphatic rings. The zero-order valence-corrected chi connectivity index (χ0v) is 13.3. The molecule has 0 aromatic heterocycles. The van der Waals surface area contributed by atoms with E-state index >= 15 is 0 Å². The lowest BCUT2D eigenvalue weighted by Crippen LogP contribution is -2.50. The van der Waals surface area contributed by atoms with Crippen LogP contribution in [0.5, 0.6) is 0 Å². The average Bonchev–Trinajstić information content (AvgIpc) is 2.35. The lowest BCUT2D eigenvalue weighted by Gasteiger charge is -2.31. The van der Waals surface area contributed by atoms with E-state index in [0.29, 0.717) is 11.1 Å². The number of carboxylic acid groups (broad SMARTS) is 1. The summed E-state index contributed by atoms with van der Waals surface area (Å²) in [5, 5.41) is 9.12. The summed E-state index contributed by atoms with van der Waals surface area (Å²) in [6, 6.07) is 6.10. The highest BCUT2D eigenvalue weighted by Crippen LogP contribution is 2.17. The average molecular weight is 313 g/mol. The van der Waals surface area contributed by atoms with E-state index < -0.39 is 27.3 Å². The van der Waals surface area contributed by atoms with E-state index in [9.17, 15) is 18.0 Å². The van der Waals surface area contributed by atoms with Crippen molar-refractivity contribution in [1.29, 1.82) is 0 Å². The Hall–Kier alpha value is -1.89. The van der Waals surface area contributed by atoms with E-state index in [0.717, 1.165) is 11.2 Å². The summed E-state index contributed by atoms with van der Waals surface area (Å²) in [6.07, 6.45) is 1.13. The van der Waals surface area contributed by atoms with Crippen molar-refractivity contribution in [3.63, 3.8) is 0 Å². The van der Waals surface area contributed by atoms with Crippen molar-refractivity contribution < 1.29 is 23.1 Å². The molecule has 7 heteroatoms. The second-order valence-corrected chi connectivity index (χ2v) is 7.64. The van der Waals surface area contributed by atoms with Gasteiger partial charge in [0.05, 0.1) is 5.75 Å². The summed E-state index contributed by atoms with van der Waals surface area (Å²) in [6.45, 7) is 2.87. The summed E-state index contributed by atoms with van der Waals surface area (Å²) in [5.74, 6) is -1.64. The second kappa shape index (κ2) is 5.85. The summed E-state index contributed by atoms with van der Waals surface area (Å²) in [5.41, 5.74) is -0.444. The van der Waals surface area contributed by atoms with Crippen LogP contribution in [0.25, 0.3) is 0 Å². The fraction of sp³-hybridized carbons (Fsp3) is 0.429. The predicted octanol–water partition coefficient (Wildman–Crippen LogP) is 1.17. The van der Waals surface area contributed by atoms with E-state index in [1.54, 1.807) is 12.1 Å². The fourth-order valence-electron chi connectivity index (χ4n) is 1.64. The molecule has 1 amide bonds. The molecule has 0 spiro atoms. The van der Waals surface area contributed by atoms with Crippen LogP contribution >= 0.6 is 0 Å². The van der Waals surface area contributed by atoms with Gasteiger partial charge in [-0.25, -0.2) is 13.2 Å². The van der Waals surface area contributed by atoms with Gasteiger partial charge in [-0.3, -0.25) is 4.79 Å². The maximum absolute atomic E-state index is 12.2. The molecule has 116 valence electrons. The first-order valence-electron chi connectivity index (χ1n) is 6.23. The van der Waals surface area contributed by atoms with Crippen LogP contribution in [0, 0.1) is 0 Å². The van der Waals surface area contributed by atoms with E-state index in [2.05, 4.69) is 0 Å². The van der Waals surface area contributed by atoms with Crippen LogP contribution in [0.1, 0.15) is 29.8 Å². The van der Waals surface area contributed by atoms with Crippen molar-refractivity contribution in [1.82, 2.24) is 4.90 Å². The number of carboxylic acids is 1. The second-order valence-electron chi connectivity index (χ2n) is 5.50. The highest BCUT2D eigenvalue weighted by molar-refractivity contribution is 7.89. The van der Waals surface area contributed by atoms with Crippen LogP contribution in [0.2, 0.25) is 0 Å². The van der Waals surface area contributed by atoms with Gasteiger partial charge in [0.25, 0.3) is 5.91 Å². The monoisotopic (exact) mass is 313 g/mol. The van der Waals surface area contributed by atoms with E-state index in [1.165, 1.54) is 33.0 Å². The Labute approximate surface area is 124 Å². The fourth-order valence-corrected chi connectivity index (χ4v) is 2.44. The molecule has 0 unspecified atom stereocenters. The van der Waals surface area contributed by atoms with Gasteiger partial charge >= 0.3 is 5.97 Å². The molecule has 0 atom stereocenters. The van der Waals surface area contributed by atoms with Gasteiger partial charge in [-0.2, -0.15) is 0 Å². The number of hydrogen-bond acceptors (Lipinski definition) is 4. The molecule has 6 nitrogen and oxygen atoms in total. The minimum atomic E-state index is -3.13. The third-order valence-corrected chi connectivity index (χ3v) is 4.15. The topological polar surface area (TPSA) is 91.8 Å². The van der Waals surface area contributed by atoms with Gasteiger partial charge in [0.2, 0.25) is 0 Å². The van der Waals surface area contributed by atoms with Gasteiger partial charge in [0.15, 0.2) is 9.84 Å². The van der Waals surface area contributed by atoms with E-state index in [4.69, 9.17) is 5.11 Å². The Morgan fingerprint density at radius 2 is 1.67 bits per heavy atom. The van der Waals surface area contributed by atoms with Gasteiger partial charge in [-0.15, -0.1) is 0 Å². The molecule has 1 rings (SSSR count). The van der Waals surface area contributed by atoms with Crippen LogP contribution in [0.4, 0.5) is 0 Å². The van der Waals surface area contributed by atoms with Crippen molar-refractivity contribution in [3.8, 4) is 0 Å². The SMILES string of the molecule is CN(C(=O)c1ccc(CS(C)(=O)=O)cc1)C(C)(C)C(=O)O. The van der Waals surface area contributed by atoms with Crippen molar-refractivity contribution >= 4 is 21.7 Å². The van der Waals surface area contributed by atoms with Gasteiger partial charge in [-0.1, -0.05) is 12.1 Å². The van der Waals surface area contributed by atoms with Crippen LogP contribution in [0.3, 0.4) is 0 Å². The lowest BCUT2D eigenvalue weighted by molar-refractivity contribution is -0.147. The Bertz CT molecular complexity index is 646. The largest absolute Gasteiger partial charge is 0.480 e. The highest BCUT2D eigenvalue weighted by Gasteiger charge is 2.35. The molecule has 0 radical (unpaired) electrons. The van der Waals surface area contributed by atoms with Crippen molar-refractivity contribution in [2.45, 2.75) is 25.1 Å². The minimum absolute atomic E-state index is 0.0993. The highest BCUT2D eigenvalue weighted by atomic mass is 32.2. The summed E-state index contributed by atoms with van der Waals surface area (Å²) in [7, 11) is -1.72. The zero-order valence-electron chi connectivity index (χ0n) is 12.5. The predicted molar refractivity (Wildman–Crippen MR) is 78.8 cm³/mol. The first-order valence-corrected chi connectivity index (χ1v) is 8.29. The standard InChI is InChI=1S/C14H19NO5S/c1-14(2,13(17)18)15(3)12(16)11-7-5-10(6-8-11)9-21(4,19)20/h5-8H,9H2,1-4H3,(H,17,18). The molecule has 0 saturated heterocycles. The molecule has 1 aromatic carbocycles. The van der Waals surface area contributed by atoms with Gasteiger partial charge in [-0.05, 0) is 31.5 Å². The zero-order chi connectivity index (χ0) is 16.4. The third kappa shape index (κ3) is 4.29. The van der Waals surface area contributed by atoms with Crippen molar-refractivity contribution in [2.24, 2.45) is 0 Å². The molecule has 0 fully saturated rings. The van der Waals surface area contributed by atoms with Crippen LogP contribution in [0.15, 0.2) is 24.3 Å². The smallest absolute Gasteiger partial charge is 0.329 e. The van der Waals surface area contributed by atoms with Crippen LogP contribution in [-0.2, 0) is 20.4 Å². The number of hydrogen-bond donors (Lipinski definition) is 1. The first kappa shape index (κ1) is 17.2.